The zero-order valence-electron chi connectivity index (χ0n) is 8.84. The maximum atomic E-state index is 10.6. The third kappa shape index (κ3) is 2.18. The average Bonchev–Trinajstić information content (AvgIpc) is 2.79. The summed E-state index contributed by atoms with van der Waals surface area (Å²) in [4.78, 5) is 15.5. The van der Waals surface area contributed by atoms with Gasteiger partial charge in [-0.2, -0.15) is 0 Å². The second kappa shape index (κ2) is 5.01. The van der Waals surface area contributed by atoms with E-state index in [9.17, 15) is 4.79 Å². The molecule has 0 aliphatic heterocycles. The number of aromatic nitrogens is 1. The van der Waals surface area contributed by atoms with Crippen molar-refractivity contribution in [3.63, 3.8) is 0 Å². The third-order valence-electron chi connectivity index (χ3n) is 2.19. The molecule has 0 saturated carbocycles. The number of ether oxygens (including phenoxy) is 1. The summed E-state index contributed by atoms with van der Waals surface area (Å²) in [6, 6.07) is 7.91. The van der Waals surface area contributed by atoms with Crippen molar-refractivity contribution >= 4 is 17.6 Å². The Labute approximate surface area is 97.7 Å². The molecule has 4 heteroatoms. The molecule has 2 aromatic rings. The Morgan fingerprint density at radius 3 is 2.94 bits per heavy atom. The van der Waals surface area contributed by atoms with Gasteiger partial charge >= 0.3 is 0 Å². The predicted molar refractivity (Wildman–Crippen MR) is 63.7 cm³/mol. The Hall–Kier alpha value is -1.52. The predicted octanol–water partition coefficient (Wildman–Crippen LogP) is 2.77. The zero-order chi connectivity index (χ0) is 11.4. The lowest BCUT2D eigenvalue weighted by Gasteiger charge is -2.05. The summed E-state index contributed by atoms with van der Waals surface area (Å²) in [6.45, 7) is 0.548. The van der Waals surface area contributed by atoms with Crippen LogP contribution in [-0.4, -0.2) is 18.4 Å². The van der Waals surface area contributed by atoms with Crippen molar-refractivity contribution in [1.82, 2.24) is 4.98 Å². The maximum Gasteiger partial charge on any atom is 0.161 e. The van der Waals surface area contributed by atoms with E-state index in [2.05, 4.69) is 4.98 Å². The molecule has 3 nitrogen and oxygen atoms in total. The number of hydrogen-bond acceptors (Lipinski definition) is 4. The highest BCUT2D eigenvalue weighted by Crippen LogP contribution is 2.27. The fourth-order valence-electron chi connectivity index (χ4n) is 1.48. The molecule has 0 bridgehead atoms. The standard InChI is InChI=1S/C12H11NO2S/c1-15-8-9-4-2-3-5-11(9)12-13-6-10(7-14)16-12/h2-7H,8H2,1H3. The zero-order valence-corrected chi connectivity index (χ0v) is 9.66. The Bertz CT molecular complexity index is 493. The molecule has 1 aromatic heterocycles. The van der Waals surface area contributed by atoms with Gasteiger partial charge in [-0.25, -0.2) is 4.98 Å². The number of thiazole rings is 1. The molecule has 0 unspecified atom stereocenters. The molecule has 16 heavy (non-hydrogen) atoms. The van der Waals surface area contributed by atoms with E-state index in [1.165, 1.54) is 11.3 Å². The van der Waals surface area contributed by atoms with Crippen molar-refractivity contribution in [3.05, 3.63) is 40.9 Å². The van der Waals surface area contributed by atoms with E-state index in [1.807, 2.05) is 24.3 Å². The van der Waals surface area contributed by atoms with Crippen LogP contribution in [0.3, 0.4) is 0 Å². The van der Waals surface area contributed by atoms with Crippen LogP contribution < -0.4 is 0 Å². The summed E-state index contributed by atoms with van der Waals surface area (Å²) in [5, 5.41) is 0.856. The van der Waals surface area contributed by atoms with Crippen LogP contribution in [-0.2, 0) is 11.3 Å². The first-order valence-electron chi connectivity index (χ1n) is 4.83. The van der Waals surface area contributed by atoms with Crippen molar-refractivity contribution in [1.29, 1.82) is 0 Å². The second-order valence-corrected chi connectivity index (χ2v) is 4.34. The van der Waals surface area contributed by atoms with Crippen LogP contribution >= 0.6 is 11.3 Å². The molecule has 2 rings (SSSR count). The fraction of sp³-hybridized carbons (Fsp3) is 0.167. The Morgan fingerprint density at radius 1 is 1.44 bits per heavy atom. The molecule has 0 fully saturated rings. The van der Waals surface area contributed by atoms with E-state index in [0.29, 0.717) is 11.5 Å². The minimum atomic E-state index is 0.548. The van der Waals surface area contributed by atoms with E-state index >= 15 is 0 Å². The molecular formula is C12H11NO2S. The minimum Gasteiger partial charge on any atom is -0.380 e. The Balaban J connectivity index is 2.42. The normalized spacial score (nSPS) is 10.3. The number of carbonyl (C=O) groups excluding carboxylic acids is 1. The second-order valence-electron chi connectivity index (χ2n) is 3.28. The van der Waals surface area contributed by atoms with Crippen LogP contribution in [0.1, 0.15) is 15.2 Å². The highest BCUT2D eigenvalue weighted by Gasteiger charge is 2.08. The number of aldehydes is 1. The molecule has 0 spiro atoms. The van der Waals surface area contributed by atoms with Crippen LogP contribution in [0.15, 0.2) is 30.5 Å². The fourth-order valence-corrected chi connectivity index (χ4v) is 2.27. The molecule has 0 atom stereocenters. The van der Waals surface area contributed by atoms with Crippen molar-refractivity contribution in [3.8, 4) is 10.6 Å². The lowest BCUT2D eigenvalue weighted by molar-refractivity contribution is 0.112. The van der Waals surface area contributed by atoms with Gasteiger partial charge in [0, 0.05) is 18.9 Å². The van der Waals surface area contributed by atoms with E-state index < -0.39 is 0 Å². The van der Waals surface area contributed by atoms with Crippen molar-refractivity contribution in [2.24, 2.45) is 0 Å². The molecule has 82 valence electrons. The Kier molecular flexibility index (Phi) is 3.44. The quantitative estimate of drug-likeness (QED) is 0.762. The molecule has 1 aromatic carbocycles. The van der Waals surface area contributed by atoms with Crippen LogP contribution in [0.4, 0.5) is 0 Å². The summed E-state index contributed by atoms with van der Waals surface area (Å²) in [6.07, 6.45) is 2.41. The SMILES string of the molecule is COCc1ccccc1-c1ncc(C=O)s1. The number of nitrogens with zero attached hydrogens (tertiary/aromatic N) is 1. The average molecular weight is 233 g/mol. The van der Waals surface area contributed by atoms with E-state index in [-0.39, 0.29) is 0 Å². The van der Waals surface area contributed by atoms with Crippen LogP contribution in [0.25, 0.3) is 10.6 Å². The molecule has 1 heterocycles. The van der Waals surface area contributed by atoms with Gasteiger partial charge in [-0.3, -0.25) is 4.79 Å². The molecule has 0 aliphatic carbocycles. The first-order chi connectivity index (χ1) is 7.85. The summed E-state index contributed by atoms with van der Waals surface area (Å²) in [5.41, 5.74) is 2.11. The molecule has 0 N–H and O–H groups in total. The van der Waals surface area contributed by atoms with Crippen molar-refractivity contribution in [2.45, 2.75) is 6.61 Å². The smallest absolute Gasteiger partial charge is 0.161 e. The number of hydrogen-bond donors (Lipinski definition) is 0. The lowest BCUT2D eigenvalue weighted by atomic mass is 10.1. The van der Waals surface area contributed by atoms with Gasteiger partial charge in [0.15, 0.2) is 6.29 Å². The van der Waals surface area contributed by atoms with Crippen molar-refractivity contribution < 1.29 is 9.53 Å². The topological polar surface area (TPSA) is 39.2 Å². The molecule has 0 amide bonds. The first-order valence-corrected chi connectivity index (χ1v) is 5.65. The van der Waals surface area contributed by atoms with Crippen LogP contribution in [0.5, 0.6) is 0 Å². The number of benzene rings is 1. The molecule has 0 aliphatic rings. The number of rotatable bonds is 4. The highest BCUT2D eigenvalue weighted by molar-refractivity contribution is 7.16. The monoisotopic (exact) mass is 233 g/mol. The largest absolute Gasteiger partial charge is 0.380 e. The van der Waals surface area contributed by atoms with Crippen LogP contribution in [0.2, 0.25) is 0 Å². The van der Waals surface area contributed by atoms with E-state index in [1.54, 1.807) is 13.3 Å². The first kappa shape index (κ1) is 11.0. The molecule has 0 saturated heterocycles. The number of methoxy groups -OCH3 is 1. The lowest BCUT2D eigenvalue weighted by Crippen LogP contribution is -1.90. The van der Waals surface area contributed by atoms with Gasteiger partial charge in [-0.1, -0.05) is 24.3 Å². The molecular weight excluding hydrogens is 222 g/mol. The minimum absolute atomic E-state index is 0.548. The van der Waals surface area contributed by atoms with Gasteiger partial charge < -0.3 is 4.74 Å². The third-order valence-corrected chi connectivity index (χ3v) is 3.14. The summed E-state index contributed by atoms with van der Waals surface area (Å²) >= 11 is 1.39. The highest BCUT2D eigenvalue weighted by atomic mass is 32.1. The van der Waals surface area contributed by atoms with Gasteiger partial charge in [0.1, 0.15) is 5.01 Å². The van der Waals surface area contributed by atoms with Gasteiger partial charge in [0.2, 0.25) is 0 Å². The summed E-state index contributed by atoms with van der Waals surface area (Å²) in [5.74, 6) is 0. The van der Waals surface area contributed by atoms with Crippen LogP contribution in [0, 0.1) is 0 Å². The van der Waals surface area contributed by atoms with E-state index in [4.69, 9.17) is 4.74 Å². The van der Waals surface area contributed by atoms with Gasteiger partial charge in [0.25, 0.3) is 0 Å². The maximum absolute atomic E-state index is 10.6. The summed E-state index contributed by atoms with van der Waals surface area (Å²) < 4.78 is 5.13. The Morgan fingerprint density at radius 2 is 2.25 bits per heavy atom. The van der Waals surface area contributed by atoms with Gasteiger partial charge in [-0.05, 0) is 5.56 Å². The summed E-state index contributed by atoms with van der Waals surface area (Å²) in [7, 11) is 1.66. The molecule has 0 radical (unpaired) electrons. The van der Waals surface area contributed by atoms with Gasteiger partial charge in [-0.15, -0.1) is 11.3 Å². The number of carbonyl (C=O) groups is 1. The van der Waals surface area contributed by atoms with E-state index in [0.717, 1.165) is 22.4 Å². The van der Waals surface area contributed by atoms with Gasteiger partial charge in [0.05, 0.1) is 11.5 Å². The van der Waals surface area contributed by atoms with Crippen molar-refractivity contribution in [2.75, 3.05) is 7.11 Å².